The molecule has 0 saturated heterocycles. The van der Waals surface area contributed by atoms with Gasteiger partial charge in [0.1, 0.15) is 0 Å². The van der Waals surface area contributed by atoms with Crippen molar-refractivity contribution in [1.29, 1.82) is 0 Å². The molecule has 0 spiro atoms. The smallest absolute Gasteiger partial charge is 0.241 e. The first-order valence-electron chi connectivity index (χ1n) is 7.55. The monoisotopic (exact) mass is 442 g/mol. The average molecular weight is 444 g/mol. The Bertz CT molecular complexity index is 738. The topological polar surface area (TPSA) is 34.1 Å². The number of hydrogen-bond acceptors (Lipinski definition) is 2. The Morgan fingerprint density at radius 2 is 1.04 bits per heavy atom. The molecule has 0 aliphatic rings. The van der Waals surface area contributed by atoms with E-state index in [1.807, 2.05) is 0 Å². The van der Waals surface area contributed by atoms with E-state index in [0.29, 0.717) is 0 Å². The molecule has 0 bridgehead atoms. The molecular weight excluding hydrogens is 423 g/mol. The summed E-state index contributed by atoms with van der Waals surface area (Å²) in [5, 5.41) is 5.32. The van der Waals surface area contributed by atoms with Crippen molar-refractivity contribution >= 4 is 39.4 Å². The van der Waals surface area contributed by atoms with Crippen LogP contribution in [0.5, 0.6) is 0 Å². The van der Waals surface area contributed by atoms with Gasteiger partial charge in [0.25, 0.3) is 0 Å². The fraction of sp³-hybridized carbons (Fsp3) is 0.100. The van der Waals surface area contributed by atoms with E-state index in [1.165, 1.54) is 21.5 Å². The molecule has 2 radical (unpaired) electrons. The van der Waals surface area contributed by atoms with Crippen LogP contribution in [-0.4, -0.2) is 9.52 Å². The van der Waals surface area contributed by atoms with E-state index in [4.69, 9.17) is 9.13 Å². The summed E-state index contributed by atoms with van der Waals surface area (Å²) in [5.74, 6) is 0. The zero-order chi connectivity index (χ0) is 17.6. The molecule has 4 aromatic carbocycles. The summed E-state index contributed by atoms with van der Waals surface area (Å²) >= 11 is 0. The Kier molecular flexibility index (Phi) is 14.2. The normalized spacial score (nSPS) is 8.56. The molecule has 0 aliphatic carbocycles. The average Bonchev–Trinajstić information content (AvgIpc) is 3.26. The van der Waals surface area contributed by atoms with Gasteiger partial charge in [-0.15, -0.1) is 59.3 Å². The van der Waals surface area contributed by atoms with Crippen LogP contribution in [0.3, 0.4) is 0 Å². The van der Waals surface area contributed by atoms with Gasteiger partial charge in [0.05, 0.1) is 0 Å². The van der Waals surface area contributed by atoms with Crippen molar-refractivity contribution in [2.24, 2.45) is 0 Å². The van der Waals surface area contributed by atoms with Gasteiger partial charge in [-0.3, -0.25) is 0 Å². The Balaban J connectivity index is 0.000000344. The zero-order valence-corrected chi connectivity index (χ0v) is 18.9. The van der Waals surface area contributed by atoms with Crippen molar-refractivity contribution in [1.82, 2.24) is 0 Å². The van der Waals surface area contributed by atoms with E-state index in [9.17, 15) is 0 Å². The third kappa shape index (κ3) is 9.07. The molecule has 0 heterocycles. The summed E-state index contributed by atoms with van der Waals surface area (Å²) in [4.78, 5) is 0. The van der Waals surface area contributed by atoms with Gasteiger partial charge in [-0.1, -0.05) is 25.2 Å². The van der Waals surface area contributed by atoms with Gasteiger partial charge in [-0.05, 0) is 0 Å². The Labute approximate surface area is 172 Å². The van der Waals surface area contributed by atoms with Crippen LogP contribution in [0.25, 0.3) is 21.5 Å². The summed E-state index contributed by atoms with van der Waals surface area (Å²) in [5.41, 5.74) is 0. The second-order valence-corrected chi connectivity index (χ2v) is 6.06. The van der Waals surface area contributed by atoms with Crippen molar-refractivity contribution in [2.45, 2.75) is 13.1 Å². The summed E-state index contributed by atoms with van der Waals surface area (Å²) in [6, 6.07) is 29.3. The molecule has 0 atom stereocenters. The van der Waals surface area contributed by atoms with Gasteiger partial charge in [0, 0.05) is 9.52 Å². The maximum absolute atomic E-state index is 8.40. The molecule has 0 unspecified atom stereocenters. The fourth-order valence-corrected chi connectivity index (χ4v) is 2.14. The molecule has 4 rings (SSSR count). The number of rotatable bonds is 0. The van der Waals surface area contributed by atoms with Crippen LogP contribution in [-0.2, 0) is 35.3 Å². The molecule has 0 N–H and O–H groups in total. The van der Waals surface area contributed by atoms with Crippen LogP contribution < -0.4 is 0 Å². The van der Waals surface area contributed by atoms with Gasteiger partial charge in [-0.2, -0.15) is 35.0 Å². The van der Waals surface area contributed by atoms with Crippen molar-refractivity contribution in [3.05, 3.63) is 84.9 Å². The molecule has 2 nitrogen and oxygen atoms in total. The molecule has 25 heavy (non-hydrogen) atoms. The Hall–Kier alpha value is -1.34. The molecule has 0 amide bonds. The van der Waals surface area contributed by atoms with Crippen LogP contribution >= 0.6 is 8.34 Å². The number of hydrogen-bond donors (Lipinski definition) is 0. The third-order valence-corrected chi connectivity index (χ3v) is 3.10. The fourth-order valence-electron chi connectivity index (χ4n) is 2.14. The number of fused-ring (bicyclic) bond motifs is 2. The SMILES string of the molecule is C[Si]C.O=[PH]=O.[Zr+2].c1ccc2[cH-]ccc2c1.c1ccc2[cH-]ccc2c1. The molecule has 0 aromatic heterocycles. The van der Waals surface area contributed by atoms with Crippen LogP contribution in [0.15, 0.2) is 84.9 Å². The predicted molar refractivity (Wildman–Crippen MR) is 106 cm³/mol. The van der Waals surface area contributed by atoms with Crippen molar-refractivity contribution in [2.75, 3.05) is 0 Å². The minimum Gasteiger partial charge on any atom is -0.241 e. The summed E-state index contributed by atoms with van der Waals surface area (Å²) < 4.78 is 16.8. The van der Waals surface area contributed by atoms with E-state index >= 15 is 0 Å². The maximum Gasteiger partial charge on any atom is 2.00 e. The molecule has 0 saturated carbocycles. The van der Waals surface area contributed by atoms with Crippen molar-refractivity contribution < 1.29 is 35.3 Å². The van der Waals surface area contributed by atoms with E-state index in [1.54, 1.807) is 0 Å². The third-order valence-electron chi connectivity index (χ3n) is 3.10. The quantitative estimate of drug-likeness (QED) is 0.183. The van der Waals surface area contributed by atoms with Gasteiger partial charge in [0.15, 0.2) is 0 Å². The van der Waals surface area contributed by atoms with Gasteiger partial charge in [-0.25, -0.2) is 9.13 Å². The van der Waals surface area contributed by atoms with Crippen molar-refractivity contribution in [3.63, 3.8) is 0 Å². The maximum atomic E-state index is 8.40. The second-order valence-electron chi connectivity index (χ2n) is 4.89. The molecule has 126 valence electrons. The van der Waals surface area contributed by atoms with Crippen molar-refractivity contribution in [3.8, 4) is 0 Å². The Morgan fingerprint density at radius 1 is 0.720 bits per heavy atom. The largest absolute Gasteiger partial charge is 2.00 e. The minimum atomic E-state index is -1.42. The van der Waals surface area contributed by atoms with E-state index in [2.05, 4.69) is 98.0 Å². The molecule has 0 aliphatic heterocycles. The van der Waals surface area contributed by atoms with E-state index < -0.39 is 8.34 Å². The van der Waals surface area contributed by atoms with E-state index in [-0.39, 0.29) is 26.2 Å². The van der Waals surface area contributed by atoms with Crippen LogP contribution in [0.4, 0.5) is 0 Å². The first kappa shape index (κ1) is 23.7. The molecule has 5 heteroatoms. The molecular formula is C20H21O2PSiZr. The predicted octanol–water partition coefficient (Wildman–Crippen LogP) is 6.26. The first-order chi connectivity index (χ1) is 11.8. The zero-order valence-electron chi connectivity index (χ0n) is 14.4. The summed E-state index contributed by atoms with van der Waals surface area (Å²) in [7, 11) is -0.333. The van der Waals surface area contributed by atoms with Gasteiger partial charge in [0.2, 0.25) is 0 Å². The van der Waals surface area contributed by atoms with Crippen LogP contribution in [0, 0.1) is 0 Å². The minimum absolute atomic E-state index is 0. The van der Waals surface area contributed by atoms with Crippen LogP contribution in [0.2, 0.25) is 13.1 Å². The van der Waals surface area contributed by atoms with Crippen LogP contribution in [0.1, 0.15) is 0 Å². The summed E-state index contributed by atoms with van der Waals surface area (Å²) in [6.45, 7) is 4.31. The number of benzene rings is 2. The molecule has 0 fully saturated rings. The van der Waals surface area contributed by atoms with Gasteiger partial charge >= 0.3 is 34.5 Å². The second kappa shape index (κ2) is 15.0. The van der Waals surface area contributed by atoms with Gasteiger partial charge < -0.3 is 0 Å². The summed E-state index contributed by atoms with van der Waals surface area (Å²) in [6.07, 6.45) is 0. The first-order valence-corrected chi connectivity index (χ1v) is 10.4. The van der Waals surface area contributed by atoms with E-state index in [0.717, 1.165) is 9.52 Å². The Morgan fingerprint density at radius 3 is 1.36 bits per heavy atom. The standard InChI is InChI=1S/2C9H7.C2H6Si.HO2P.Zr/c2*1-2-5-9-7-3-6-8(9)4-1;2*1-3-2;/h2*1-7H;1-2H3;3H;/q2*-1;;;+2. The molecule has 4 aromatic rings.